The average molecular weight is 541 g/mol. The maximum absolute atomic E-state index is 13.7. The number of benzene rings is 3. The summed E-state index contributed by atoms with van der Waals surface area (Å²) in [5.41, 5.74) is 4.23. The maximum Gasteiger partial charge on any atom is 0.335 e. The molecule has 1 aliphatic rings. The van der Waals surface area contributed by atoms with Crippen molar-refractivity contribution in [2.24, 2.45) is 0 Å². The molecule has 0 saturated heterocycles. The van der Waals surface area contributed by atoms with Crippen molar-refractivity contribution < 1.29 is 14.7 Å². The molecule has 3 aromatic carbocycles. The first kappa shape index (κ1) is 24.8. The fourth-order valence-electron chi connectivity index (χ4n) is 5.26. The molecule has 9 nitrogen and oxygen atoms in total. The normalized spacial score (nSPS) is 16.7. The Hall–Kier alpha value is -4.50. The van der Waals surface area contributed by atoms with Gasteiger partial charge in [-0.05, 0) is 73.9 Å². The number of carbonyl (C=O) groups excluding carboxylic acids is 1. The number of aromatic nitrogens is 5. The van der Waals surface area contributed by atoms with E-state index >= 15 is 0 Å². The van der Waals surface area contributed by atoms with E-state index in [0.717, 1.165) is 28.0 Å². The predicted molar refractivity (Wildman–Crippen MR) is 146 cm³/mol. The molecule has 0 aliphatic carbocycles. The van der Waals surface area contributed by atoms with Crippen molar-refractivity contribution in [1.82, 2.24) is 29.6 Å². The summed E-state index contributed by atoms with van der Waals surface area (Å²) >= 11 is 6.60. The Morgan fingerprint density at radius 2 is 1.85 bits per heavy atom. The summed E-state index contributed by atoms with van der Waals surface area (Å²) in [6.45, 7) is 4.27. The van der Waals surface area contributed by atoms with Gasteiger partial charge in [0.2, 0.25) is 0 Å². The van der Waals surface area contributed by atoms with Gasteiger partial charge in [-0.3, -0.25) is 4.79 Å². The van der Waals surface area contributed by atoms with Crippen molar-refractivity contribution in [2.75, 3.05) is 0 Å². The van der Waals surface area contributed by atoms with Crippen molar-refractivity contribution in [3.05, 3.63) is 106 Å². The van der Waals surface area contributed by atoms with Crippen molar-refractivity contribution in [3.8, 4) is 5.69 Å². The number of carbonyl (C=O) groups is 2. The number of imidazole rings is 1. The SMILES string of the molecule is Cc1ccc2c(c1)nc1n2C[C@@](NC(=O)c2ccc(-n3cnc(C)n3)cc2Cl)(c2ccc(C(=O)O)cc2)CC1. The smallest absolute Gasteiger partial charge is 0.335 e. The van der Waals surface area contributed by atoms with E-state index in [9.17, 15) is 14.7 Å². The first-order chi connectivity index (χ1) is 18.7. The van der Waals surface area contributed by atoms with E-state index in [1.807, 2.05) is 19.1 Å². The third-order valence-electron chi connectivity index (χ3n) is 7.29. The van der Waals surface area contributed by atoms with E-state index in [4.69, 9.17) is 16.6 Å². The number of hydrogen-bond donors (Lipinski definition) is 2. The van der Waals surface area contributed by atoms with Gasteiger partial charge in [-0.1, -0.05) is 29.8 Å². The quantitative estimate of drug-likeness (QED) is 0.329. The van der Waals surface area contributed by atoms with Crippen LogP contribution in [0.4, 0.5) is 0 Å². The zero-order valence-corrected chi connectivity index (χ0v) is 22.1. The third kappa shape index (κ3) is 4.44. The fraction of sp³-hybridized carbons (Fsp3) is 0.207. The van der Waals surface area contributed by atoms with Crippen molar-refractivity contribution in [3.63, 3.8) is 0 Å². The first-order valence-electron chi connectivity index (χ1n) is 12.5. The minimum Gasteiger partial charge on any atom is -0.478 e. The van der Waals surface area contributed by atoms with Gasteiger partial charge in [0, 0.05) is 6.42 Å². The summed E-state index contributed by atoms with van der Waals surface area (Å²) in [5, 5.41) is 17.3. The number of fused-ring (bicyclic) bond motifs is 3. The third-order valence-corrected chi connectivity index (χ3v) is 7.60. The van der Waals surface area contributed by atoms with Gasteiger partial charge in [-0.25, -0.2) is 19.4 Å². The number of nitrogens with zero attached hydrogens (tertiary/aromatic N) is 5. The van der Waals surface area contributed by atoms with E-state index in [-0.39, 0.29) is 16.5 Å². The van der Waals surface area contributed by atoms with Crippen LogP contribution in [0.15, 0.2) is 67.0 Å². The van der Waals surface area contributed by atoms with Crippen LogP contribution >= 0.6 is 11.6 Å². The summed E-state index contributed by atoms with van der Waals surface area (Å²) in [6, 6.07) is 18.0. The minimum atomic E-state index is -1.00. The summed E-state index contributed by atoms with van der Waals surface area (Å²) in [7, 11) is 0. The Bertz CT molecular complexity index is 1760. The zero-order chi connectivity index (χ0) is 27.3. The van der Waals surface area contributed by atoms with Gasteiger partial charge >= 0.3 is 5.97 Å². The standard InChI is InChI=1S/C29H25ClN6O3/c1-17-3-10-25-24(13-17)32-26-11-12-29(15-35(25)26,20-6-4-19(5-7-20)28(38)39)33-27(37)22-9-8-21(14-23(22)30)36-16-31-18(2)34-36/h3-10,13-14,16H,11-12,15H2,1-2H3,(H,33,37)(H,38,39)/t29-/m1/s1. The maximum atomic E-state index is 13.7. The molecule has 2 N–H and O–H groups in total. The van der Waals surface area contributed by atoms with E-state index in [1.54, 1.807) is 60.4 Å². The molecule has 0 spiro atoms. The summed E-state index contributed by atoms with van der Waals surface area (Å²) < 4.78 is 3.74. The largest absolute Gasteiger partial charge is 0.478 e. The van der Waals surface area contributed by atoms with Crippen LogP contribution in [0.1, 0.15) is 49.9 Å². The van der Waals surface area contributed by atoms with E-state index in [0.29, 0.717) is 36.5 Å². The van der Waals surface area contributed by atoms with Crippen LogP contribution in [-0.2, 0) is 18.5 Å². The number of hydrogen-bond acceptors (Lipinski definition) is 5. The van der Waals surface area contributed by atoms with E-state index < -0.39 is 11.5 Å². The van der Waals surface area contributed by atoms with Crippen LogP contribution < -0.4 is 5.32 Å². The first-order valence-corrected chi connectivity index (χ1v) is 12.9. The molecule has 39 heavy (non-hydrogen) atoms. The number of nitrogens with one attached hydrogen (secondary N) is 1. The molecule has 0 saturated carbocycles. The number of carboxylic acid groups (broad SMARTS) is 1. The second kappa shape index (κ2) is 9.36. The summed E-state index contributed by atoms with van der Waals surface area (Å²) in [4.78, 5) is 34.2. The highest BCUT2D eigenvalue weighted by Crippen LogP contribution is 2.36. The molecule has 1 atom stereocenters. The molecule has 0 bridgehead atoms. The van der Waals surface area contributed by atoms with Crippen molar-refractivity contribution in [2.45, 2.75) is 38.8 Å². The second-order valence-electron chi connectivity index (χ2n) is 9.93. The Morgan fingerprint density at radius 3 is 2.54 bits per heavy atom. The van der Waals surface area contributed by atoms with Gasteiger partial charge in [0.25, 0.3) is 5.91 Å². The number of aromatic carboxylic acids is 1. The topological polar surface area (TPSA) is 115 Å². The number of carboxylic acids is 1. The van der Waals surface area contributed by atoms with Crippen molar-refractivity contribution >= 4 is 34.5 Å². The molecule has 5 aromatic rings. The van der Waals surface area contributed by atoms with Crippen LogP contribution in [0.25, 0.3) is 16.7 Å². The lowest BCUT2D eigenvalue weighted by Crippen LogP contribution is -2.51. The highest BCUT2D eigenvalue weighted by Gasteiger charge is 2.39. The minimum absolute atomic E-state index is 0.183. The number of halogens is 1. The lowest BCUT2D eigenvalue weighted by atomic mass is 9.82. The summed E-state index contributed by atoms with van der Waals surface area (Å²) in [5.74, 6) is 0.249. The zero-order valence-electron chi connectivity index (χ0n) is 21.3. The highest BCUT2D eigenvalue weighted by molar-refractivity contribution is 6.34. The molecule has 6 rings (SSSR count). The molecule has 0 radical (unpaired) electrons. The van der Waals surface area contributed by atoms with Crippen LogP contribution in [-0.4, -0.2) is 41.3 Å². The molecule has 1 aliphatic heterocycles. The van der Waals surface area contributed by atoms with E-state index in [2.05, 4.69) is 26.0 Å². The molecule has 3 heterocycles. The van der Waals surface area contributed by atoms with Crippen molar-refractivity contribution in [1.29, 1.82) is 0 Å². The molecule has 1 amide bonds. The molecular formula is C29H25ClN6O3. The average Bonchev–Trinajstić information content (AvgIpc) is 3.51. The Labute approximate surface area is 229 Å². The lowest BCUT2D eigenvalue weighted by molar-refractivity contribution is 0.0695. The number of rotatable bonds is 5. The van der Waals surface area contributed by atoms with E-state index in [1.165, 1.54) is 0 Å². The molecule has 0 unspecified atom stereocenters. The van der Waals surface area contributed by atoms with Crippen LogP contribution in [0.2, 0.25) is 5.02 Å². The molecule has 10 heteroatoms. The van der Waals surface area contributed by atoms with Crippen LogP contribution in [0, 0.1) is 13.8 Å². The van der Waals surface area contributed by atoms with Gasteiger partial charge in [0.1, 0.15) is 18.0 Å². The number of aryl methyl sites for hydroxylation is 3. The van der Waals surface area contributed by atoms with Crippen LogP contribution in [0.3, 0.4) is 0 Å². The fourth-order valence-corrected chi connectivity index (χ4v) is 5.52. The lowest BCUT2D eigenvalue weighted by Gasteiger charge is -2.39. The molecule has 0 fully saturated rings. The monoisotopic (exact) mass is 540 g/mol. The predicted octanol–water partition coefficient (Wildman–Crippen LogP) is 4.86. The van der Waals surface area contributed by atoms with Gasteiger partial charge < -0.3 is 15.0 Å². The number of amides is 1. The molecular weight excluding hydrogens is 516 g/mol. The second-order valence-corrected chi connectivity index (χ2v) is 10.3. The Balaban J connectivity index is 1.39. The molecule has 2 aromatic heterocycles. The van der Waals surface area contributed by atoms with Gasteiger partial charge in [-0.2, -0.15) is 5.10 Å². The summed E-state index contributed by atoms with van der Waals surface area (Å²) in [6.07, 6.45) is 2.81. The molecule has 196 valence electrons. The van der Waals surface area contributed by atoms with Gasteiger partial charge in [0.05, 0.1) is 45.0 Å². The Morgan fingerprint density at radius 1 is 1.05 bits per heavy atom. The van der Waals surface area contributed by atoms with Gasteiger partial charge in [-0.15, -0.1) is 0 Å². The Kier molecular flexibility index (Phi) is 5.95. The highest BCUT2D eigenvalue weighted by atomic mass is 35.5. The van der Waals surface area contributed by atoms with Crippen LogP contribution in [0.5, 0.6) is 0 Å². The van der Waals surface area contributed by atoms with Gasteiger partial charge in [0.15, 0.2) is 0 Å².